The molecule has 0 saturated heterocycles. The summed E-state index contributed by atoms with van der Waals surface area (Å²) in [5.74, 6) is -0.215. The van der Waals surface area contributed by atoms with Gasteiger partial charge in [0.2, 0.25) is 0 Å². The largest absolute Gasteiger partial charge is 0.325 e. The second-order valence-electron chi connectivity index (χ2n) is 4.73. The van der Waals surface area contributed by atoms with Crippen molar-refractivity contribution >= 4 is 15.9 Å². The first kappa shape index (κ1) is 14.7. The second-order valence-corrected chi connectivity index (χ2v) is 5.59. The van der Waals surface area contributed by atoms with Gasteiger partial charge in [-0.25, -0.2) is 4.39 Å². The smallest absolute Gasteiger partial charge is 0.124 e. The van der Waals surface area contributed by atoms with Gasteiger partial charge in [-0.05, 0) is 37.0 Å². The standard InChI is InChI=1S/C14H21BrFN/c1-3-5-8-14(17,4-2)10-11-6-7-12(16)9-13(11)15/h6-7,9H,3-5,8,10,17H2,1-2H3. The van der Waals surface area contributed by atoms with Gasteiger partial charge in [0.15, 0.2) is 0 Å². The molecular weight excluding hydrogens is 281 g/mol. The topological polar surface area (TPSA) is 26.0 Å². The minimum atomic E-state index is -0.215. The highest BCUT2D eigenvalue weighted by Crippen LogP contribution is 2.26. The van der Waals surface area contributed by atoms with Crippen LogP contribution in [-0.4, -0.2) is 5.54 Å². The SMILES string of the molecule is CCCCC(N)(CC)Cc1ccc(F)cc1Br. The Balaban J connectivity index is 2.79. The predicted octanol–water partition coefficient (Wildman–Crippen LogP) is 4.43. The molecule has 1 rings (SSSR count). The summed E-state index contributed by atoms with van der Waals surface area (Å²) in [5.41, 5.74) is 7.33. The molecular formula is C14H21BrFN. The third-order valence-electron chi connectivity index (χ3n) is 3.29. The molecule has 1 atom stereocenters. The monoisotopic (exact) mass is 301 g/mol. The molecule has 17 heavy (non-hydrogen) atoms. The Morgan fingerprint density at radius 3 is 2.59 bits per heavy atom. The van der Waals surface area contributed by atoms with E-state index in [1.165, 1.54) is 12.1 Å². The first-order valence-corrected chi connectivity index (χ1v) is 7.03. The minimum absolute atomic E-state index is 0.170. The molecule has 0 aliphatic rings. The molecule has 2 N–H and O–H groups in total. The summed E-state index contributed by atoms with van der Waals surface area (Å²) < 4.78 is 13.8. The van der Waals surface area contributed by atoms with Gasteiger partial charge in [0.1, 0.15) is 5.82 Å². The maximum Gasteiger partial charge on any atom is 0.124 e. The minimum Gasteiger partial charge on any atom is -0.325 e. The molecule has 3 heteroatoms. The van der Waals surface area contributed by atoms with E-state index in [9.17, 15) is 4.39 Å². The molecule has 0 spiro atoms. The van der Waals surface area contributed by atoms with Gasteiger partial charge in [-0.15, -0.1) is 0 Å². The Hall–Kier alpha value is -0.410. The highest BCUT2D eigenvalue weighted by Gasteiger charge is 2.23. The van der Waals surface area contributed by atoms with Crippen LogP contribution in [0, 0.1) is 5.82 Å². The van der Waals surface area contributed by atoms with Crippen LogP contribution in [0.2, 0.25) is 0 Å². The van der Waals surface area contributed by atoms with Gasteiger partial charge >= 0.3 is 0 Å². The molecule has 0 aliphatic heterocycles. The van der Waals surface area contributed by atoms with Crippen LogP contribution in [0.25, 0.3) is 0 Å². The Kier molecular flexibility index (Phi) is 5.60. The molecule has 0 aliphatic carbocycles. The van der Waals surface area contributed by atoms with Crippen molar-refractivity contribution in [2.45, 2.75) is 51.5 Å². The van der Waals surface area contributed by atoms with Crippen LogP contribution in [0.5, 0.6) is 0 Å². The van der Waals surface area contributed by atoms with E-state index in [1.807, 2.05) is 6.07 Å². The van der Waals surface area contributed by atoms with Crippen molar-refractivity contribution in [2.24, 2.45) is 5.73 Å². The van der Waals surface area contributed by atoms with Crippen molar-refractivity contribution in [3.63, 3.8) is 0 Å². The molecule has 96 valence electrons. The van der Waals surface area contributed by atoms with Gasteiger partial charge in [0.05, 0.1) is 0 Å². The van der Waals surface area contributed by atoms with E-state index < -0.39 is 0 Å². The molecule has 0 amide bonds. The lowest BCUT2D eigenvalue weighted by molar-refractivity contribution is 0.364. The van der Waals surface area contributed by atoms with Crippen LogP contribution >= 0.6 is 15.9 Å². The normalized spacial score (nSPS) is 14.6. The zero-order valence-electron chi connectivity index (χ0n) is 10.6. The van der Waals surface area contributed by atoms with Crippen molar-refractivity contribution in [1.82, 2.24) is 0 Å². The zero-order chi connectivity index (χ0) is 12.9. The lowest BCUT2D eigenvalue weighted by Crippen LogP contribution is -2.41. The molecule has 1 aromatic carbocycles. The maximum atomic E-state index is 13.0. The van der Waals surface area contributed by atoms with Crippen LogP contribution in [0.15, 0.2) is 22.7 Å². The van der Waals surface area contributed by atoms with Crippen LogP contribution in [0.3, 0.4) is 0 Å². The molecule has 0 heterocycles. The number of nitrogens with two attached hydrogens (primary N) is 1. The van der Waals surface area contributed by atoms with Crippen molar-refractivity contribution in [3.8, 4) is 0 Å². The molecule has 0 saturated carbocycles. The number of rotatable bonds is 6. The predicted molar refractivity (Wildman–Crippen MR) is 74.5 cm³/mol. The fourth-order valence-electron chi connectivity index (χ4n) is 1.96. The molecule has 1 nitrogen and oxygen atoms in total. The Morgan fingerprint density at radius 2 is 2.06 bits per heavy atom. The van der Waals surface area contributed by atoms with Crippen LogP contribution < -0.4 is 5.73 Å². The Bertz CT molecular complexity index is 367. The highest BCUT2D eigenvalue weighted by atomic mass is 79.9. The van der Waals surface area contributed by atoms with E-state index in [1.54, 1.807) is 0 Å². The van der Waals surface area contributed by atoms with Crippen LogP contribution in [0.1, 0.15) is 45.1 Å². The average molecular weight is 302 g/mol. The van der Waals surface area contributed by atoms with E-state index in [4.69, 9.17) is 5.73 Å². The second kappa shape index (κ2) is 6.50. The van der Waals surface area contributed by atoms with E-state index in [0.29, 0.717) is 0 Å². The van der Waals surface area contributed by atoms with E-state index >= 15 is 0 Å². The van der Waals surface area contributed by atoms with Gasteiger partial charge < -0.3 is 5.73 Å². The van der Waals surface area contributed by atoms with Gasteiger partial charge in [-0.3, -0.25) is 0 Å². The number of hydrogen-bond donors (Lipinski definition) is 1. The van der Waals surface area contributed by atoms with Crippen molar-refractivity contribution in [2.75, 3.05) is 0 Å². The number of unbranched alkanes of at least 4 members (excludes halogenated alkanes) is 1. The summed E-state index contributed by atoms with van der Waals surface area (Å²) in [5, 5.41) is 0. The Labute approximate surface area is 112 Å². The van der Waals surface area contributed by atoms with E-state index in [0.717, 1.165) is 42.1 Å². The van der Waals surface area contributed by atoms with Crippen molar-refractivity contribution in [1.29, 1.82) is 0 Å². The summed E-state index contributed by atoms with van der Waals surface area (Å²) in [4.78, 5) is 0. The zero-order valence-corrected chi connectivity index (χ0v) is 12.2. The average Bonchev–Trinajstić information content (AvgIpc) is 2.30. The lowest BCUT2D eigenvalue weighted by atomic mass is 9.84. The summed E-state index contributed by atoms with van der Waals surface area (Å²) in [7, 11) is 0. The summed E-state index contributed by atoms with van der Waals surface area (Å²) in [6, 6.07) is 4.82. The first-order valence-electron chi connectivity index (χ1n) is 6.23. The van der Waals surface area contributed by atoms with Crippen molar-refractivity contribution < 1.29 is 4.39 Å². The number of hydrogen-bond acceptors (Lipinski definition) is 1. The fourth-order valence-corrected chi connectivity index (χ4v) is 2.45. The summed E-state index contributed by atoms with van der Waals surface area (Å²) >= 11 is 3.40. The number of halogens is 2. The summed E-state index contributed by atoms with van der Waals surface area (Å²) in [6.45, 7) is 4.29. The van der Waals surface area contributed by atoms with Crippen LogP contribution in [-0.2, 0) is 6.42 Å². The first-order chi connectivity index (χ1) is 8.00. The lowest BCUT2D eigenvalue weighted by Gasteiger charge is -2.28. The van der Waals surface area contributed by atoms with E-state index in [-0.39, 0.29) is 11.4 Å². The fraction of sp³-hybridized carbons (Fsp3) is 0.571. The van der Waals surface area contributed by atoms with E-state index in [2.05, 4.69) is 29.8 Å². The molecule has 1 aromatic rings. The molecule has 0 fully saturated rings. The van der Waals surface area contributed by atoms with Crippen molar-refractivity contribution in [3.05, 3.63) is 34.1 Å². The summed E-state index contributed by atoms with van der Waals surface area (Å²) in [6.07, 6.45) is 5.05. The number of benzene rings is 1. The molecule has 0 bridgehead atoms. The van der Waals surface area contributed by atoms with Gasteiger partial charge in [0, 0.05) is 10.0 Å². The third kappa shape index (κ3) is 4.40. The third-order valence-corrected chi connectivity index (χ3v) is 4.03. The van der Waals surface area contributed by atoms with Gasteiger partial charge in [-0.2, -0.15) is 0 Å². The van der Waals surface area contributed by atoms with Gasteiger partial charge in [0.25, 0.3) is 0 Å². The quantitative estimate of drug-likeness (QED) is 0.826. The maximum absolute atomic E-state index is 13.0. The molecule has 0 aromatic heterocycles. The molecule has 1 unspecified atom stereocenters. The highest BCUT2D eigenvalue weighted by molar-refractivity contribution is 9.10. The van der Waals surface area contributed by atoms with Crippen LogP contribution in [0.4, 0.5) is 4.39 Å². The molecule has 0 radical (unpaired) electrons. The van der Waals surface area contributed by atoms with Gasteiger partial charge in [-0.1, -0.05) is 48.7 Å². The Morgan fingerprint density at radius 1 is 1.35 bits per heavy atom.